The van der Waals surface area contributed by atoms with Crippen molar-refractivity contribution in [2.75, 3.05) is 12.8 Å². The molecule has 3 aromatic carbocycles. The summed E-state index contributed by atoms with van der Waals surface area (Å²) < 4.78 is 19.5. The Morgan fingerprint density at radius 3 is 1.62 bits per heavy atom. The Bertz CT molecular complexity index is 742. The van der Waals surface area contributed by atoms with Gasteiger partial charge in [0.15, 0.2) is 0 Å². The van der Waals surface area contributed by atoms with Crippen molar-refractivity contribution >= 4 is 17.8 Å². The van der Waals surface area contributed by atoms with Crippen LogP contribution in [0.3, 0.4) is 0 Å². The standard InChI is InChI=1S/C21H21O2P/c22-24(20-13-6-2-7-14-20,21-15-8-3-9-16-21)18-10-17-23-19-11-4-1-5-12-19/h1-9,11-16H,10,17-18H2. The SMILES string of the molecule is O=P(CCCOc1ccccc1)(c1ccccc1)c1ccccc1. The molecule has 122 valence electrons. The van der Waals surface area contributed by atoms with Crippen molar-refractivity contribution in [3.63, 3.8) is 0 Å². The van der Waals surface area contributed by atoms with E-state index in [9.17, 15) is 4.57 Å². The van der Waals surface area contributed by atoms with Gasteiger partial charge in [-0.2, -0.15) is 0 Å². The van der Waals surface area contributed by atoms with Crippen molar-refractivity contribution in [3.8, 4) is 5.75 Å². The molecule has 0 spiro atoms. The molecule has 0 bridgehead atoms. The predicted octanol–water partition coefficient (Wildman–Crippen LogP) is 4.47. The predicted molar refractivity (Wildman–Crippen MR) is 101 cm³/mol. The van der Waals surface area contributed by atoms with Crippen molar-refractivity contribution in [3.05, 3.63) is 91.0 Å². The van der Waals surface area contributed by atoms with Crippen molar-refractivity contribution in [2.24, 2.45) is 0 Å². The highest BCUT2D eigenvalue weighted by atomic mass is 31.2. The third-order valence-corrected chi connectivity index (χ3v) is 7.19. The smallest absolute Gasteiger partial charge is 0.143 e. The average molecular weight is 336 g/mol. The second-order valence-electron chi connectivity index (χ2n) is 5.65. The first kappa shape index (κ1) is 16.5. The van der Waals surface area contributed by atoms with Gasteiger partial charge >= 0.3 is 0 Å². The molecule has 0 aliphatic heterocycles. The number of benzene rings is 3. The summed E-state index contributed by atoms with van der Waals surface area (Å²) in [6.07, 6.45) is 1.35. The largest absolute Gasteiger partial charge is 0.494 e. The molecule has 0 aliphatic rings. The first-order valence-electron chi connectivity index (χ1n) is 8.17. The molecule has 24 heavy (non-hydrogen) atoms. The molecule has 3 heteroatoms. The summed E-state index contributed by atoms with van der Waals surface area (Å²) in [6, 6.07) is 29.3. The van der Waals surface area contributed by atoms with Crippen LogP contribution in [0.1, 0.15) is 6.42 Å². The van der Waals surface area contributed by atoms with Crippen molar-refractivity contribution in [1.82, 2.24) is 0 Å². The lowest BCUT2D eigenvalue weighted by Gasteiger charge is -2.19. The van der Waals surface area contributed by atoms with Crippen molar-refractivity contribution < 1.29 is 9.30 Å². The molecule has 0 aromatic heterocycles. The molecule has 0 unspecified atom stereocenters. The fraction of sp³-hybridized carbons (Fsp3) is 0.143. The van der Waals surface area contributed by atoms with Crippen LogP contribution in [0, 0.1) is 0 Å². The first-order valence-corrected chi connectivity index (χ1v) is 10.1. The van der Waals surface area contributed by atoms with E-state index in [1.165, 1.54) is 0 Å². The van der Waals surface area contributed by atoms with E-state index in [0.717, 1.165) is 22.8 Å². The van der Waals surface area contributed by atoms with E-state index < -0.39 is 7.14 Å². The molecule has 0 atom stereocenters. The molecule has 0 heterocycles. The van der Waals surface area contributed by atoms with E-state index in [1.807, 2.05) is 91.0 Å². The number of ether oxygens (including phenoxy) is 1. The third-order valence-electron chi connectivity index (χ3n) is 3.98. The lowest BCUT2D eigenvalue weighted by molar-refractivity contribution is 0.318. The van der Waals surface area contributed by atoms with Crippen LogP contribution in [-0.2, 0) is 4.57 Å². The summed E-state index contributed by atoms with van der Waals surface area (Å²) in [7, 11) is -2.63. The fourth-order valence-corrected chi connectivity index (χ4v) is 5.44. The monoisotopic (exact) mass is 336 g/mol. The minimum absolute atomic E-state index is 0.563. The van der Waals surface area contributed by atoms with Gasteiger partial charge in [0.25, 0.3) is 0 Å². The Labute approximate surface area is 143 Å². The van der Waals surface area contributed by atoms with Crippen molar-refractivity contribution in [2.45, 2.75) is 6.42 Å². The number of para-hydroxylation sites is 1. The quantitative estimate of drug-likeness (QED) is 0.470. The molecule has 0 fully saturated rings. The Morgan fingerprint density at radius 1 is 0.667 bits per heavy atom. The zero-order valence-corrected chi connectivity index (χ0v) is 14.4. The fourth-order valence-electron chi connectivity index (χ4n) is 2.74. The van der Waals surface area contributed by atoms with E-state index in [0.29, 0.717) is 12.8 Å². The van der Waals surface area contributed by atoms with Crippen LogP contribution in [0.2, 0.25) is 0 Å². The van der Waals surface area contributed by atoms with E-state index in [-0.39, 0.29) is 0 Å². The normalized spacial score (nSPS) is 11.2. The van der Waals surface area contributed by atoms with E-state index in [2.05, 4.69) is 0 Å². The van der Waals surface area contributed by atoms with E-state index in [1.54, 1.807) is 0 Å². The molecule has 3 rings (SSSR count). The van der Waals surface area contributed by atoms with Crippen LogP contribution < -0.4 is 15.3 Å². The van der Waals surface area contributed by atoms with Crippen LogP contribution >= 0.6 is 7.14 Å². The molecule has 0 N–H and O–H groups in total. The van der Waals surface area contributed by atoms with Gasteiger partial charge in [-0.1, -0.05) is 78.9 Å². The Morgan fingerprint density at radius 2 is 1.12 bits per heavy atom. The van der Waals surface area contributed by atoms with Crippen LogP contribution in [0.4, 0.5) is 0 Å². The molecule has 0 saturated heterocycles. The maximum absolute atomic E-state index is 13.8. The highest BCUT2D eigenvalue weighted by Crippen LogP contribution is 2.43. The first-order chi connectivity index (χ1) is 11.8. The van der Waals surface area contributed by atoms with Gasteiger partial charge in [-0.3, -0.25) is 0 Å². The van der Waals surface area contributed by atoms with E-state index >= 15 is 0 Å². The summed E-state index contributed by atoms with van der Waals surface area (Å²) in [6.45, 7) is 0.563. The van der Waals surface area contributed by atoms with Gasteiger partial charge in [0, 0.05) is 16.8 Å². The second kappa shape index (κ2) is 7.99. The lowest BCUT2D eigenvalue weighted by atomic mass is 10.3. The maximum Gasteiger partial charge on any atom is 0.143 e. The van der Waals surface area contributed by atoms with Crippen LogP contribution in [0.5, 0.6) is 5.75 Å². The summed E-state index contributed by atoms with van der Waals surface area (Å²) in [4.78, 5) is 0. The summed E-state index contributed by atoms with van der Waals surface area (Å²) in [5.74, 6) is 0.853. The molecule has 0 aliphatic carbocycles. The van der Waals surface area contributed by atoms with Crippen LogP contribution in [0.25, 0.3) is 0 Å². The number of rotatable bonds is 7. The highest BCUT2D eigenvalue weighted by Gasteiger charge is 2.26. The molecule has 3 aromatic rings. The zero-order chi connectivity index (χ0) is 16.7. The van der Waals surface area contributed by atoms with Gasteiger partial charge in [-0.15, -0.1) is 0 Å². The number of hydrogen-bond donors (Lipinski definition) is 0. The summed E-state index contributed by atoms with van der Waals surface area (Å²) in [5.41, 5.74) is 0. The van der Waals surface area contributed by atoms with Gasteiger partial charge < -0.3 is 9.30 Å². The minimum Gasteiger partial charge on any atom is -0.494 e. The summed E-state index contributed by atoms with van der Waals surface area (Å²) in [5, 5.41) is 1.83. The molecular weight excluding hydrogens is 315 g/mol. The van der Waals surface area contributed by atoms with Gasteiger partial charge in [0.05, 0.1) is 6.61 Å². The zero-order valence-electron chi connectivity index (χ0n) is 13.5. The molecule has 0 saturated carbocycles. The molecular formula is C21H21O2P. The maximum atomic E-state index is 13.8. The molecule has 0 radical (unpaired) electrons. The molecule has 0 amide bonds. The van der Waals surface area contributed by atoms with Gasteiger partial charge in [0.2, 0.25) is 0 Å². The average Bonchev–Trinajstić information content (AvgIpc) is 2.67. The Hall–Kier alpha value is -2.31. The van der Waals surface area contributed by atoms with Gasteiger partial charge in [0.1, 0.15) is 12.9 Å². The van der Waals surface area contributed by atoms with Gasteiger partial charge in [-0.25, -0.2) is 0 Å². The Kier molecular flexibility index (Phi) is 5.51. The van der Waals surface area contributed by atoms with Crippen LogP contribution in [0.15, 0.2) is 91.0 Å². The van der Waals surface area contributed by atoms with Gasteiger partial charge in [-0.05, 0) is 18.6 Å². The summed E-state index contributed by atoms with van der Waals surface area (Å²) >= 11 is 0. The highest BCUT2D eigenvalue weighted by molar-refractivity contribution is 7.78. The lowest BCUT2D eigenvalue weighted by Crippen LogP contribution is -2.19. The molecule has 2 nitrogen and oxygen atoms in total. The third kappa shape index (κ3) is 3.96. The topological polar surface area (TPSA) is 26.3 Å². The second-order valence-corrected chi connectivity index (χ2v) is 8.61. The minimum atomic E-state index is -2.63. The van der Waals surface area contributed by atoms with Crippen LogP contribution in [-0.4, -0.2) is 12.8 Å². The Balaban J connectivity index is 1.73. The van der Waals surface area contributed by atoms with E-state index in [4.69, 9.17) is 4.74 Å². The number of hydrogen-bond acceptors (Lipinski definition) is 2. The van der Waals surface area contributed by atoms with Crippen molar-refractivity contribution in [1.29, 1.82) is 0 Å².